The largest absolute Gasteiger partial charge is 0.481 e. The van der Waals surface area contributed by atoms with Crippen molar-refractivity contribution in [2.75, 3.05) is 0 Å². The molecule has 27 heavy (non-hydrogen) atoms. The highest BCUT2D eigenvalue weighted by atomic mass is 16.5. The molecule has 4 heteroatoms. The van der Waals surface area contributed by atoms with Gasteiger partial charge in [-0.05, 0) is 20.3 Å². The van der Waals surface area contributed by atoms with Gasteiger partial charge in [-0.25, -0.2) is 0 Å². The fraction of sp³-hybridized carbons (Fsp3) is 0.913. The molecule has 162 valence electrons. The lowest BCUT2D eigenvalue weighted by atomic mass is 10.0. The average molecular weight is 387 g/mol. The van der Waals surface area contributed by atoms with Crippen LogP contribution in [-0.4, -0.2) is 23.1 Å². The number of carboxylic acids is 1. The normalized spacial score (nSPS) is 10.4. The molecule has 4 nitrogen and oxygen atoms in total. The van der Waals surface area contributed by atoms with Crippen LogP contribution in [0.3, 0.4) is 0 Å². The highest BCUT2D eigenvalue weighted by Gasteiger charge is 1.97. The Morgan fingerprint density at radius 1 is 0.704 bits per heavy atom. The maximum atomic E-state index is 10.3. The van der Waals surface area contributed by atoms with E-state index < -0.39 is 5.97 Å². The van der Waals surface area contributed by atoms with E-state index >= 15 is 0 Å². The highest BCUT2D eigenvalue weighted by Crippen LogP contribution is 2.13. The topological polar surface area (TPSA) is 63.6 Å². The third-order valence-corrected chi connectivity index (χ3v) is 4.40. The molecule has 0 aromatic carbocycles. The summed E-state index contributed by atoms with van der Waals surface area (Å²) in [6, 6.07) is 0. The van der Waals surface area contributed by atoms with E-state index in [0.29, 0.717) is 6.42 Å². The second-order valence-corrected chi connectivity index (χ2v) is 7.75. The van der Waals surface area contributed by atoms with E-state index in [1.807, 2.05) is 13.8 Å². The Morgan fingerprint density at radius 3 is 1.26 bits per heavy atom. The van der Waals surface area contributed by atoms with E-state index in [0.717, 1.165) is 12.8 Å². The van der Waals surface area contributed by atoms with Crippen LogP contribution in [0.1, 0.15) is 130 Å². The van der Waals surface area contributed by atoms with Gasteiger partial charge in [-0.1, -0.05) is 96.8 Å². The summed E-state index contributed by atoms with van der Waals surface area (Å²) in [6.07, 6.45) is 20.2. The Kier molecular flexibility index (Phi) is 24.0. The molecule has 0 spiro atoms. The van der Waals surface area contributed by atoms with Crippen LogP contribution < -0.4 is 0 Å². The first-order valence-electron chi connectivity index (χ1n) is 11.3. The molecule has 0 saturated heterocycles. The number of ether oxygens (including phenoxy) is 1. The van der Waals surface area contributed by atoms with E-state index in [1.165, 1.54) is 90.4 Å². The number of hydrogen-bond acceptors (Lipinski definition) is 3. The Labute approximate surface area is 168 Å². The summed E-state index contributed by atoms with van der Waals surface area (Å²) in [5.74, 6) is -0.866. The minimum Gasteiger partial charge on any atom is -0.481 e. The van der Waals surface area contributed by atoms with Crippen molar-refractivity contribution in [3.05, 3.63) is 0 Å². The summed E-state index contributed by atoms with van der Waals surface area (Å²) < 4.78 is 4.61. The van der Waals surface area contributed by atoms with E-state index in [2.05, 4.69) is 11.7 Å². The molecule has 0 rings (SSSR count). The quantitative estimate of drug-likeness (QED) is 0.210. The van der Waals surface area contributed by atoms with Crippen molar-refractivity contribution in [2.24, 2.45) is 0 Å². The van der Waals surface area contributed by atoms with Crippen LogP contribution in [-0.2, 0) is 14.3 Å². The fourth-order valence-corrected chi connectivity index (χ4v) is 2.98. The van der Waals surface area contributed by atoms with Crippen molar-refractivity contribution in [1.82, 2.24) is 0 Å². The van der Waals surface area contributed by atoms with Crippen LogP contribution in [0.4, 0.5) is 0 Å². The zero-order valence-electron chi connectivity index (χ0n) is 18.6. The molecular weight excluding hydrogens is 340 g/mol. The van der Waals surface area contributed by atoms with Crippen molar-refractivity contribution >= 4 is 11.9 Å². The van der Waals surface area contributed by atoms with Gasteiger partial charge in [0.15, 0.2) is 0 Å². The van der Waals surface area contributed by atoms with Crippen molar-refractivity contribution in [2.45, 2.75) is 137 Å². The van der Waals surface area contributed by atoms with Crippen molar-refractivity contribution < 1.29 is 19.4 Å². The SMILES string of the molecule is CC(=O)OC(C)C.CCCCCCCCCCCCCCCCCC(=O)O. The van der Waals surface area contributed by atoms with Gasteiger partial charge in [0.25, 0.3) is 0 Å². The number of esters is 1. The van der Waals surface area contributed by atoms with Gasteiger partial charge < -0.3 is 9.84 Å². The lowest BCUT2D eigenvalue weighted by Gasteiger charge is -2.03. The average Bonchev–Trinajstić information content (AvgIpc) is 2.57. The second-order valence-electron chi connectivity index (χ2n) is 7.75. The van der Waals surface area contributed by atoms with Crippen LogP contribution in [0.2, 0.25) is 0 Å². The lowest BCUT2D eigenvalue weighted by molar-refractivity contribution is -0.144. The summed E-state index contributed by atoms with van der Waals surface area (Å²) in [4.78, 5) is 20.4. The standard InChI is InChI=1S/C18H36O2.C5H10O2/c1-2-3-4-5-6-7-8-9-10-11-12-13-14-15-16-17-18(19)20;1-4(2)7-5(3)6/h2-17H2,1H3,(H,19,20);4H,1-3H3. The smallest absolute Gasteiger partial charge is 0.303 e. The first-order valence-corrected chi connectivity index (χ1v) is 11.3. The minimum absolute atomic E-state index is 0.0255. The molecule has 0 aliphatic carbocycles. The number of aliphatic carboxylic acids is 1. The van der Waals surface area contributed by atoms with Crippen molar-refractivity contribution in [3.8, 4) is 0 Å². The monoisotopic (exact) mass is 386 g/mol. The fourth-order valence-electron chi connectivity index (χ4n) is 2.98. The maximum absolute atomic E-state index is 10.3. The minimum atomic E-state index is -0.653. The Balaban J connectivity index is 0. The number of rotatable bonds is 17. The van der Waals surface area contributed by atoms with Gasteiger partial charge in [-0.3, -0.25) is 9.59 Å². The molecule has 0 saturated carbocycles. The predicted molar refractivity (Wildman–Crippen MR) is 114 cm³/mol. The second kappa shape index (κ2) is 23.0. The number of carbonyl (C=O) groups is 2. The van der Waals surface area contributed by atoms with Crippen LogP contribution in [0.15, 0.2) is 0 Å². The van der Waals surface area contributed by atoms with Crippen LogP contribution in [0.5, 0.6) is 0 Å². The first kappa shape index (κ1) is 28.2. The highest BCUT2D eigenvalue weighted by molar-refractivity contribution is 5.66. The van der Waals surface area contributed by atoms with Gasteiger partial charge in [0.2, 0.25) is 0 Å². The Bertz CT molecular complexity index is 326. The molecule has 1 N–H and O–H groups in total. The number of carbonyl (C=O) groups excluding carboxylic acids is 1. The third kappa shape index (κ3) is 33.0. The molecular formula is C23H46O4. The molecule has 0 aliphatic rings. The van der Waals surface area contributed by atoms with Gasteiger partial charge in [0, 0.05) is 13.3 Å². The number of carboxylic acid groups (broad SMARTS) is 1. The number of hydrogen-bond donors (Lipinski definition) is 1. The van der Waals surface area contributed by atoms with Crippen LogP contribution in [0, 0.1) is 0 Å². The predicted octanol–water partition coefficient (Wildman–Crippen LogP) is 7.29. The van der Waals surface area contributed by atoms with E-state index in [1.54, 1.807) is 0 Å². The zero-order valence-corrected chi connectivity index (χ0v) is 18.6. The van der Waals surface area contributed by atoms with Gasteiger partial charge in [0.05, 0.1) is 6.10 Å². The third-order valence-electron chi connectivity index (χ3n) is 4.40. The summed E-state index contributed by atoms with van der Waals surface area (Å²) in [5, 5.41) is 8.52. The summed E-state index contributed by atoms with van der Waals surface area (Å²) >= 11 is 0. The van der Waals surface area contributed by atoms with Crippen LogP contribution >= 0.6 is 0 Å². The molecule has 0 unspecified atom stereocenters. The number of unbranched alkanes of at least 4 members (excludes halogenated alkanes) is 14. The Morgan fingerprint density at radius 2 is 1.04 bits per heavy atom. The zero-order chi connectivity index (χ0) is 20.8. The van der Waals surface area contributed by atoms with E-state index in [9.17, 15) is 9.59 Å². The lowest BCUT2D eigenvalue weighted by Crippen LogP contribution is -2.06. The molecule has 0 amide bonds. The molecule has 0 atom stereocenters. The van der Waals surface area contributed by atoms with Gasteiger partial charge in [-0.15, -0.1) is 0 Å². The maximum Gasteiger partial charge on any atom is 0.303 e. The molecule has 0 aromatic heterocycles. The van der Waals surface area contributed by atoms with Crippen molar-refractivity contribution in [3.63, 3.8) is 0 Å². The summed E-state index contributed by atoms with van der Waals surface area (Å²) in [6.45, 7) is 7.31. The van der Waals surface area contributed by atoms with Crippen LogP contribution in [0.25, 0.3) is 0 Å². The molecule has 0 aromatic rings. The van der Waals surface area contributed by atoms with Crippen molar-refractivity contribution in [1.29, 1.82) is 0 Å². The Hall–Kier alpha value is -1.06. The molecule has 0 aliphatic heterocycles. The first-order chi connectivity index (χ1) is 12.9. The van der Waals surface area contributed by atoms with Gasteiger partial charge >= 0.3 is 11.9 Å². The van der Waals surface area contributed by atoms with E-state index in [4.69, 9.17) is 5.11 Å². The summed E-state index contributed by atoms with van der Waals surface area (Å²) in [5.41, 5.74) is 0. The molecule has 0 radical (unpaired) electrons. The summed E-state index contributed by atoms with van der Waals surface area (Å²) in [7, 11) is 0. The molecule has 0 heterocycles. The van der Waals surface area contributed by atoms with Gasteiger partial charge in [-0.2, -0.15) is 0 Å². The van der Waals surface area contributed by atoms with E-state index in [-0.39, 0.29) is 12.1 Å². The molecule has 0 fully saturated rings. The molecule has 0 bridgehead atoms. The van der Waals surface area contributed by atoms with Gasteiger partial charge in [0.1, 0.15) is 0 Å².